The Morgan fingerprint density at radius 1 is 1.50 bits per heavy atom. The summed E-state index contributed by atoms with van der Waals surface area (Å²) in [6.45, 7) is 0.433. The molecule has 78 valence electrons. The largest absolute Gasteiger partial charge is 0.480 e. The molecule has 0 bridgehead atoms. The standard InChI is InChI=1S/C8H11NO3S2/c10-6(2-4-13)9-3-1-5(14)7(9)8(11)12/h2,4-5,7,13-14H,1,3H2,(H,11,12)/t5?,7-/m0/s1. The van der Waals surface area contributed by atoms with Gasteiger partial charge in [0.05, 0.1) is 0 Å². The number of hydrogen-bond donors (Lipinski definition) is 3. The average molecular weight is 233 g/mol. The van der Waals surface area contributed by atoms with Crippen molar-refractivity contribution in [1.82, 2.24) is 4.90 Å². The van der Waals surface area contributed by atoms with Crippen molar-refractivity contribution < 1.29 is 14.7 Å². The van der Waals surface area contributed by atoms with Gasteiger partial charge in [0.2, 0.25) is 5.91 Å². The zero-order valence-electron chi connectivity index (χ0n) is 7.33. The SMILES string of the molecule is O=C(O)[C@@H]1C(S)CCN1C(=O)C=CS. The van der Waals surface area contributed by atoms with Gasteiger partial charge in [-0.2, -0.15) is 25.3 Å². The summed E-state index contributed by atoms with van der Waals surface area (Å²) in [5, 5.41) is 9.90. The molecule has 0 aliphatic carbocycles. The van der Waals surface area contributed by atoms with Gasteiger partial charge in [-0.15, -0.1) is 0 Å². The molecule has 1 fully saturated rings. The van der Waals surface area contributed by atoms with Gasteiger partial charge in [-0.05, 0) is 11.8 Å². The quantitative estimate of drug-likeness (QED) is 0.478. The average Bonchev–Trinajstić information content (AvgIpc) is 2.47. The summed E-state index contributed by atoms with van der Waals surface area (Å²) in [7, 11) is 0. The van der Waals surface area contributed by atoms with E-state index in [2.05, 4.69) is 25.3 Å². The monoisotopic (exact) mass is 233 g/mol. The Balaban J connectivity index is 2.79. The Morgan fingerprint density at radius 2 is 2.14 bits per heavy atom. The zero-order valence-corrected chi connectivity index (χ0v) is 9.12. The van der Waals surface area contributed by atoms with Crippen LogP contribution < -0.4 is 0 Å². The predicted molar refractivity (Wildman–Crippen MR) is 58.7 cm³/mol. The summed E-state index contributed by atoms with van der Waals surface area (Å²) in [5.74, 6) is -1.34. The Bertz CT molecular complexity index is 280. The van der Waals surface area contributed by atoms with E-state index in [-0.39, 0.29) is 11.2 Å². The van der Waals surface area contributed by atoms with Crippen molar-refractivity contribution in [1.29, 1.82) is 0 Å². The number of carbonyl (C=O) groups excluding carboxylic acids is 1. The predicted octanol–water partition coefficient (Wildman–Crippen LogP) is 0.414. The molecule has 1 amide bonds. The van der Waals surface area contributed by atoms with E-state index >= 15 is 0 Å². The normalized spacial score (nSPS) is 27.1. The summed E-state index contributed by atoms with van der Waals surface area (Å²) >= 11 is 7.89. The maximum Gasteiger partial charge on any atom is 0.327 e. The Hall–Kier alpha value is -0.620. The molecule has 1 aliphatic rings. The van der Waals surface area contributed by atoms with Gasteiger partial charge in [0.25, 0.3) is 0 Å². The highest BCUT2D eigenvalue weighted by atomic mass is 32.1. The lowest BCUT2D eigenvalue weighted by molar-refractivity contribution is -0.146. The molecule has 0 spiro atoms. The van der Waals surface area contributed by atoms with Crippen molar-refractivity contribution in [3.8, 4) is 0 Å². The third-order valence-corrected chi connectivity index (χ3v) is 2.81. The fourth-order valence-corrected chi connectivity index (χ4v) is 2.01. The van der Waals surface area contributed by atoms with Gasteiger partial charge in [0, 0.05) is 17.9 Å². The van der Waals surface area contributed by atoms with Crippen LogP contribution in [0.15, 0.2) is 11.5 Å². The first-order valence-electron chi connectivity index (χ1n) is 4.10. The highest BCUT2D eigenvalue weighted by Gasteiger charge is 2.39. The van der Waals surface area contributed by atoms with Gasteiger partial charge in [-0.3, -0.25) is 4.79 Å². The first-order valence-corrected chi connectivity index (χ1v) is 5.13. The van der Waals surface area contributed by atoms with Crippen molar-refractivity contribution in [2.75, 3.05) is 6.54 Å². The van der Waals surface area contributed by atoms with E-state index in [1.165, 1.54) is 16.4 Å². The fraction of sp³-hybridized carbons (Fsp3) is 0.500. The minimum atomic E-state index is -1.01. The molecule has 4 nitrogen and oxygen atoms in total. The molecule has 1 rings (SSSR count). The Labute approximate surface area is 92.8 Å². The molecule has 1 N–H and O–H groups in total. The van der Waals surface area contributed by atoms with Crippen LogP contribution in [-0.4, -0.2) is 39.7 Å². The van der Waals surface area contributed by atoms with Crippen LogP contribution in [0.4, 0.5) is 0 Å². The van der Waals surface area contributed by atoms with Crippen LogP contribution in [0.25, 0.3) is 0 Å². The van der Waals surface area contributed by atoms with Crippen LogP contribution in [-0.2, 0) is 9.59 Å². The topological polar surface area (TPSA) is 57.6 Å². The first-order chi connectivity index (χ1) is 6.57. The smallest absolute Gasteiger partial charge is 0.327 e. The van der Waals surface area contributed by atoms with Crippen molar-refractivity contribution in [2.24, 2.45) is 0 Å². The summed E-state index contributed by atoms with van der Waals surface area (Å²) in [5.41, 5.74) is 0. The number of hydrogen-bond acceptors (Lipinski definition) is 4. The van der Waals surface area contributed by atoms with E-state index < -0.39 is 12.0 Å². The second kappa shape index (κ2) is 4.75. The summed E-state index contributed by atoms with van der Waals surface area (Å²) in [6, 6.07) is -0.824. The lowest BCUT2D eigenvalue weighted by atomic mass is 10.2. The van der Waals surface area contributed by atoms with Crippen molar-refractivity contribution in [2.45, 2.75) is 17.7 Å². The van der Waals surface area contributed by atoms with Gasteiger partial charge >= 0.3 is 5.97 Å². The van der Waals surface area contributed by atoms with Crippen molar-refractivity contribution in [3.63, 3.8) is 0 Å². The molecule has 14 heavy (non-hydrogen) atoms. The summed E-state index contributed by atoms with van der Waals surface area (Å²) < 4.78 is 0. The zero-order chi connectivity index (χ0) is 10.7. The van der Waals surface area contributed by atoms with Gasteiger partial charge in [-0.1, -0.05) is 0 Å². The first kappa shape index (κ1) is 11.5. The molecule has 6 heteroatoms. The van der Waals surface area contributed by atoms with E-state index in [9.17, 15) is 9.59 Å². The minimum Gasteiger partial charge on any atom is -0.480 e. The number of nitrogens with zero attached hydrogens (tertiary/aromatic N) is 1. The number of aliphatic carboxylic acids is 1. The number of rotatable bonds is 2. The maximum atomic E-state index is 11.4. The van der Waals surface area contributed by atoms with Crippen LogP contribution in [0.1, 0.15) is 6.42 Å². The molecule has 1 saturated heterocycles. The molecule has 0 aromatic rings. The van der Waals surface area contributed by atoms with Crippen LogP contribution >= 0.6 is 25.3 Å². The van der Waals surface area contributed by atoms with E-state index in [1.807, 2.05) is 0 Å². The van der Waals surface area contributed by atoms with E-state index in [4.69, 9.17) is 5.11 Å². The van der Waals surface area contributed by atoms with E-state index in [0.717, 1.165) is 0 Å². The second-order valence-corrected chi connectivity index (χ2v) is 3.95. The molecule has 0 radical (unpaired) electrons. The molecule has 0 aromatic carbocycles. The summed E-state index contributed by atoms with van der Waals surface area (Å²) in [6.07, 6.45) is 1.84. The van der Waals surface area contributed by atoms with Gasteiger partial charge < -0.3 is 10.0 Å². The van der Waals surface area contributed by atoms with Gasteiger partial charge in [0.1, 0.15) is 6.04 Å². The molecule has 1 aliphatic heterocycles. The van der Waals surface area contributed by atoms with Crippen molar-refractivity contribution in [3.05, 3.63) is 11.5 Å². The van der Waals surface area contributed by atoms with Crippen LogP contribution in [0.3, 0.4) is 0 Å². The van der Waals surface area contributed by atoms with E-state index in [0.29, 0.717) is 13.0 Å². The molecule has 0 aromatic heterocycles. The lowest BCUT2D eigenvalue weighted by Gasteiger charge is -2.21. The van der Waals surface area contributed by atoms with Crippen molar-refractivity contribution >= 4 is 37.1 Å². The third kappa shape index (κ3) is 2.24. The van der Waals surface area contributed by atoms with Crippen LogP contribution in [0.5, 0.6) is 0 Å². The second-order valence-electron chi connectivity index (χ2n) is 2.99. The highest BCUT2D eigenvalue weighted by molar-refractivity contribution is 7.83. The number of thiol groups is 2. The number of carboxylic acid groups (broad SMARTS) is 1. The molecule has 0 saturated carbocycles. The fourth-order valence-electron chi connectivity index (χ4n) is 1.48. The Morgan fingerprint density at radius 3 is 2.64 bits per heavy atom. The van der Waals surface area contributed by atoms with Gasteiger partial charge in [-0.25, -0.2) is 4.79 Å². The number of likely N-dealkylation sites (tertiary alicyclic amines) is 1. The number of carbonyl (C=O) groups is 2. The van der Waals surface area contributed by atoms with Crippen LogP contribution in [0, 0.1) is 0 Å². The third-order valence-electron chi connectivity index (χ3n) is 2.12. The molecular formula is C8H11NO3S2. The number of carboxylic acids is 1. The maximum absolute atomic E-state index is 11.4. The molecular weight excluding hydrogens is 222 g/mol. The Kier molecular flexibility index (Phi) is 3.88. The van der Waals surface area contributed by atoms with Crippen LogP contribution in [0.2, 0.25) is 0 Å². The highest BCUT2D eigenvalue weighted by Crippen LogP contribution is 2.23. The molecule has 2 atom stereocenters. The van der Waals surface area contributed by atoms with Gasteiger partial charge in [0.15, 0.2) is 0 Å². The number of amides is 1. The minimum absolute atomic E-state index is 0.287. The summed E-state index contributed by atoms with van der Waals surface area (Å²) in [4.78, 5) is 23.5. The molecule has 1 heterocycles. The lowest BCUT2D eigenvalue weighted by Crippen LogP contribution is -2.43. The molecule has 1 unspecified atom stereocenters. The van der Waals surface area contributed by atoms with E-state index in [1.54, 1.807) is 0 Å².